The van der Waals surface area contributed by atoms with Gasteiger partial charge in [-0.15, -0.1) is 11.3 Å². The van der Waals surface area contributed by atoms with Crippen LogP contribution in [0.25, 0.3) is 58.7 Å². The van der Waals surface area contributed by atoms with Crippen LogP contribution in [0.2, 0.25) is 0 Å². The van der Waals surface area contributed by atoms with Crippen molar-refractivity contribution in [3.63, 3.8) is 0 Å². The topological polar surface area (TPSA) is 39.9 Å². The first-order chi connectivity index (χ1) is 20.0. The van der Waals surface area contributed by atoms with E-state index in [0.717, 1.165) is 39.3 Å². The van der Waals surface area contributed by atoms with Crippen molar-refractivity contribution in [1.82, 2.24) is 14.5 Å². The smallest absolute Gasteiger partial charge is 0.137 e. The number of nitrogens with zero attached hydrogens (tertiary/aromatic N) is 3. The number of thiophene rings is 1. The quantitative estimate of drug-likeness (QED) is 0.220. The lowest BCUT2D eigenvalue weighted by Gasteiger charge is -2.11. The predicted octanol–water partition coefficient (Wildman–Crippen LogP) is 10.1. The fraction of sp³-hybridized carbons (Fsp3) is 0.111. The maximum Gasteiger partial charge on any atom is 0.137 e. The van der Waals surface area contributed by atoms with Crippen LogP contribution in [0, 0.1) is 27.7 Å². The molecule has 0 radical (unpaired) electrons. The van der Waals surface area contributed by atoms with Crippen molar-refractivity contribution < 1.29 is 4.74 Å². The highest BCUT2D eigenvalue weighted by molar-refractivity contribution is 7.26. The summed E-state index contributed by atoms with van der Waals surface area (Å²) in [5.41, 5.74) is 8.20. The predicted molar refractivity (Wildman–Crippen MR) is 172 cm³/mol. The zero-order valence-corrected chi connectivity index (χ0v) is 24.1. The van der Waals surface area contributed by atoms with Crippen LogP contribution < -0.4 is 4.74 Å². The molecule has 0 unspecified atom stereocenters. The lowest BCUT2D eigenvalue weighted by molar-refractivity contribution is 0.484. The number of hydrogen-bond donors (Lipinski definition) is 0. The van der Waals surface area contributed by atoms with Crippen molar-refractivity contribution in [3.05, 3.63) is 114 Å². The SMILES string of the molecule is Cc1cnc(-n2c3ccccc3c3ccc(Oc4ccc5ccc6sc7c(C)c(C)cnc7c6c5c4)cc32)cc1C. The Balaban J connectivity index is 1.29. The Morgan fingerprint density at radius 3 is 2.29 bits per heavy atom. The van der Waals surface area contributed by atoms with Crippen LogP contribution in [-0.2, 0) is 0 Å². The number of aromatic nitrogens is 3. The second kappa shape index (κ2) is 8.88. The first kappa shape index (κ1) is 24.1. The van der Waals surface area contributed by atoms with Crippen molar-refractivity contribution in [3.8, 4) is 17.3 Å². The van der Waals surface area contributed by atoms with E-state index in [1.807, 2.05) is 23.7 Å². The summed E-state index contributed by atoms with van der Waals surface area (Å²) >= 11 is 1.82. The Labute approximate surface area is 241 Å². The second-order valence-electron chi connectivity index (χ2n) is 10.9. The number of aryl methyl sites for hydroxylation is 4. The summed E-state index contributed by atoms with van der Waals surface area (Å²) in [6.45, 7) is 8.55. The standard InChI is InChI=1S/C36H27N3OS/c1-20-15-33(37-18-21(20)2)39-30-8-6-5-7-27(30)28-13-12-26(17-31(28)39)40-25-11-9-24-10-14-32-34(29(24)16-25)35-36(41-32)23(4)22(3)19-38-35/h5-19H,1-4H3. The van der Waals surface area contributed by atoms with Crippen molar-refractivity contribution in [2.24, 2.45) is 0 Å². The average Bonchev–Trinajstić information content (AvgIpc) is 3.53. The summed E-state index contributed by atoms with van der Waals surface area (Å²) in [6.07, 6.45) is 3.94. The van der Waals surface area contributed by atoms with Crippen LogP contribution in [0.3, 0.4) is 0 Å². The molecule has 4 aromatic heterocycles. The molecule has 0 saturated carbocycles. The van der Waals surface area contributed by atoms with Crippen molar-refractivity contribution in [2.75, 3.05) is 0 Å². The van der Waals surface area contributed by atoms with Gasteiger partial charge in [-0.1, -0.05) is 30.3 Å². The Kier molecular flexibility index (Phi) is 5.22. The molecule has 0 aliphatic rings. The summed E-state index contributed by atoms with van der Waals surface area (Å²) in [5, 5.41) is 5.92. The van der Waals surface area contributed by atoms with Gasteiger partial charge < -0.3 is 4.74 Å². The molecule has 4 nitrogen and oxygen atoms in total. The number of ether oxygens (including phenoxy) is 1. The highest BCUT2D eigenvalue weighted by atomic mass is 32.1. The van der Waals surface area contributed by atoms with Gasteiger partial charge in [0.1, 0.15) is 17.3 Å². The molecule has 0 aliphatic heterocycles. The van der Waals surface area contributed by atoms with Crippen LogP contribution in [0.15, 0.2) is 91.3 Å². The lowest BCUT2D eigenvalue weighted by Crippen LogP contribution is -1.99. The molecule has 0 amide bonds. The van der Waals surface area contributed by atoms with Crippen LogP contribution in [0.5, 0.6) is 11.5 Å². The van der Waals surface area contributed by atoms with E-state index in [0.29, 0.717) is 0 Å². The van der Waals surface area contributed by atoms with Crippen molar-refractivity contribution >= 4 is 64.2 Å². The number of pyridine rings is 2. The van der Waals surface area contributed by atoms with E-state index in [4.69, 9.17) is 14.7 Å². The fourth-order valence-corrected chi connectivity index (χ4v) is 7.12. The lowest BCUT2D eigenvalue weighted by atomic mass is 10.0. The molecule has 198 valence electrons. The van der Waals surface area contributed by atoms with E-state index in [-0.39, 0.29) is 0 Å². The van der Waals surface area contributed by atoms with E-state index in [1.54, 1.807) is 0 Å². The number of hydrogen-bond acceptors (Lipinski definition) is 4. The highest BCUT2D eigenvalue weighted by Crippen LogP contribution is 2.41. The highest BCUT2D eigenvalue weighted by Gasteiger charge is 2.16. The summed E-state index contributed by atoms with van der Waals surface area (Å²) in [6, 6.07) is 27.8. The van der Waals surface area contributed by atoms with Gasteiger partial charge in [-0.25, -0.2) is 4.98 Å². The average molecular weight is 550 g/mol. The van der Waals surface area contributed by atoms with E-state index < -0.39 is 0 Å². The fourth-order valence-electron chi connectivity index (χ4n) is 5.89. The van der Waals surface area contributed by atoms with Gasteiger partial charge in [0, 0.05) is 39.3 Å². The van der Waals surface area contributed by atoms with Gasteiger partial charge in [-0.2, -0.15) is 0 Å². The molecule has 0 N–H and O–H groups in total. The molecule has 5 heteroatoms. The van der Waals surface area contributed by atoms with E-state index in [1.165, 1.54) is 53.2 Å². The van der Waals surface area contributed by atoms with Crippen molar-refractivity contribution in [1.29, 1.82) is 0 Å². The second-order valence-corrected chi connectivity index (χ2v) is 12.0. The summed E-state index contributed by atoms with van der Waals surface area (Å²) in [7, 11) is 0. The maximum atomic E-state index is 6.55. The zero-order valence-electron chi connectivity index (χ0n) is 23.3. The number of para-hydroxylation sites is 1. The third-order valence-electron chi connectivity index (χ3n) is 8.41. The number of rotatable bonds is 3. The molecule has 41 heavy (non-hydrogen) atoms. The number of fused-ring (bicyclic) bond motifs is 8. The molecule has 0 fully saturated rings. The molecule has 8 rings (SSSR count). The summed E-state index contributed by atoms with van der Waals surface area (Å²) in [5.74, 6) is 2.50. The van der Waals surface area contributed by atoms with Gasteiger partial charge in [-0.05, 0) is 103 Å². The molecule has 4 aromatic carbocycles. The van der Waals surface area contributed by atoms with Gasteiger partial charge >= 0.3 is 0 Å². The van der Waals surface area contributed by atoms with Gasteiger partial charge in [0.05, 0.1) is 21.3 Å². The molecule has 8 aromatic rings. The minimum absolute atomic E-state index is 0.789. The summed E-state index contributed by atoms with van der Waals surface area (Å²) < 4.78 is 11.3. The third kappa shape index (κ3) is 3.66. The monoisotopic (exact) mass is 549 g/mol. The minimum atomic E-state index is 0.789. The molecule has 0 saturated heterocycles. The maximum absolute atomic E-state index is 6.55. The molecule has 0 spiro atoms. The Hall–Kier alpha value is -4.74. The first-order valence-electron chi connectivity index (χ1n) is 13.8. The zero-order chi connectivity index (χ0) is 27.8. The summed E-state index contributed by atoms with van der Waals surface area (Å²) in [4.78, 5) is 9.67. The molecular formula is C36H27N3OS. The normalized spacial score (nSPS) is 11.9. The molecule has 0 aliphatic carbocycles. The largest absolute Gasteiger partial charge is 0.457 e. The minimum Gasteiger partial charge on any atom is -0.457 e. The molecule has 0 bridgehead atoms. The van der Waals surface area contributed by atoms with E-state index in [2.05, 4.69) is 111 Å². The van der Waals surface area contributed by atoms with Crippen LogP contribution >= 0.6 is 11.3 Å². The number of benzene rings is 4. The Morgan fingerprint density at radius 2 is 1.41 bits per heavy atom. The van der Waals surface area contributed by atoms with Crippen LogP contribution in [0.4, 0.5) is 0 Å². The van der Waals surface area contributed by atoms with Crippen LogP contribution in [-0.4, -0.2) is 14.5 Å². The van der Waals surface area contributed by atoms with Gasteiger partial charge in [0.2, 0.25) is 0 Å². The van der Waals surface area contributed by atoms with Gasteiger partial charge in [0.25, 0.3) is 0 Å². The van der Waals surface area contributed by atoms with Gasteiger partial charge in [-0.3, -0.25) is 9.55 Å². The van der Waals surface area contributed by atoms with Crippen molar-refractivity contribution in [2.45, 2.75) is 27.7 Å². The molecule has 0 atom stereocenters. The van der Waals surface area contributed by atoms with Gasteiger partial charge in [0.15, 0.2) is 0 Å². The Bertz CT molecular complexity index is 2340. The third-order valence-corrected chi connectivity index (χ3v) is 9.67. The van der Waals surface area contributed by atoms with Crippen LogP contribution in [0.1, 0.15) is 22.3 Å². The van der Waals surface area contributed by atoms with E-state index in [9.17, 15) is 0 Å². The first-order valence-corrected chi connectivity index (χ1v) is 14.6. The molecule has 4 heterocycles. The Morgan fingerprint density at radius 1 is 0.659 bits per heavy atom. The molecular weight excluding hydrogens is 522 g/mol. The van der Waals surface area contributed by atoms with E-state index >= 15 is 0 Å².